The molecule has 2 aromatic rings. The molecule has 1 aromatic carbocycles. The quantitative estimate of drug-likeness (QED) is 0.840. The second kappa shape index (κ2) is 6.81. The van der Waals surface area contributed by atoms with Crippen molar-refractivity contribution in [1.82, 2.24) is 16.0 Å². The third-order valence-corrected chi connectivity index (χ3v) is 3.52. The van der Waals surface area contributed by atoms with Gasteiger partial charge in [0.05, 0.1) is 16.3 Å². The fourth-order valence-electron chi connectivity index (χ4n) is 1.87. The summed E-state index contributed by atoms with van der Waals surface area (Å²) in [6, 6.07) is 4.47. The van der Waals surface area contributed by atoms with Gasteiger partial charge in [0.1, 0.15) is 11.3 Å². The number of hydrazine groups is 1. The van der Waals surface area contributed by atoms with Crippen LogP contribution in [0.5, 0.6) is 0 Å². The highest BCUT2D eigenvalue weighted by Crippen LogP contribution is 2.20. The Labute approximate surface area is 136 Å². The highest BCUT2D eigenvalue weighted by molar-refractivity contribution is 6.35. The number of hydrogen-bond acceptors (Lipinski definition) is 4. The number of benzene rings is 1. The van der Waals surface area contributed by atoms with Gasteiger partial charge in [0, 0.05) is 5.02 Å². The molecule has 116 valence electrons. The second-order valence-corrected chi connectivity index (χ2v) is 5.29. The number of hydrogen-bond donors (Lipinski definition) is 2. The standard InChI is InChI=1S/C14H13Cl2N3O3/c1-3-11-12(7(2)22-19-11)14(21)18-17-13(20)9-6-8(15)4-5-10(9)16/h4-6H,3H2,1-2H3,(H,17,20)(H,18,21). The number of amides is 2. The minimum absolute atomic E-state index is 0.159. The summed E-state index contributed by atoms with van der Waals surface area (Å²) in [7, 11) is 0. The van der Waals surface area contributed by atoms with Crippen molar-refractivity contribution >= 4 is 35.0 Å². The smallest absolute Gasteiger partial charge is 0.275 e. The average molecular weight is 342 g/mol. The lowest BCUT2D eigenvalue weighted by Crippen LogP contribution is -2.42. The Morgan fingerprint density at radius 2 is 1.91 bits per heavy atom. The first-order valence-electron chi connectivity index (χ1n) is 6.45. The lowest BCUT2D eigenvalue weighted by Gasteiger charge is -2.08. The fourth-order valence-corrected chi connectivity index (χ4v) is 2.24. The first-order chi connectivity index (χ1) is 10.4. The predicted molar refractivity (Wildman–Crippen MR) is 82.0 cm³/mol. The molecule has 8 heteroatoms. The summed E-state index contributed by atoms with van der Waals surface area (Å²) in [5.41, 5.74) is 5.57. The van der Waals surface area contributed by atoms with E-state index < -0.39 is 11.8 Å². The fraction of sp³-hybridized carbons (Fsp3) is 0.214. The van der Waals surface area contributed by atoms with Crippen LogP contribution in [0.25, 0.3) is 0 Å². The summed E-state index contributed by atoms with van der Waals surface area (Å²) in [5.74, 6) is -0.709. The van der Waals surface area contributed by atoms with Crippen LogP contribution < -0.4 is 10.9 Å². The summed E-state index contributed by atoms with van der Waals surface area (Å²) in [4.78, 5) is 24.1. The van der Waals surface area contributed by atoms with Crippen molar-refractivity contribution in [3.63, 3.8) is 0 Å². The van der Waals surface area contributed by atoms with Crippen molar-refractivity contribution < 1.29 is 14.1 Å². The minimum atomic E-state index is -0.576. The molecule has 1 heterocycles. The number of aryl methyl sites for hydroxylation is 2. The molecule has 2 amide bonds. The second-order valence-electron chi connectivity index (χ2n) is 4.45. The van der Waals surface area contributed by atoms with Crippen molar-refractivity contribution in [3.05, 3.63) is 50.8 Å². The van der Waals surface area contributed by atoms with E-state index in [-0.39, 0.29) is 10.6 Å². The molecule has 6 nitrogen and oxygen atoms in total. The van der Waals surface area contributed by atoms with Crippen molar-refractivity contribution in [1.29, 1.82) is 0 Å². The Morgan fingerprint density at radius 3 is 2.59 bits per heavy atom. The Hall–Kier alpha value is -2.05. The summed E-state index contributed by atoms with van der Waals surface area (Å²) >= 11 is 11.7. The minimum Gasteiger partial charge on any atom is -0.361 e. The molecule has 2 N–H and O–H groups in total. The Kier molecular flexibility index (Phi) is 5.05. The van der Waals surface area contributed by atoms with Gasteiger partial charge in [0.15, 0.2) is 0 Å². The summed E-state index contributed by atoms with van der Waals surface area (Å²) in [6.07, 6.45) is 0.536. The van der Waals surface area contributed by atoms with E-state index in [2.05, 4.69) is 16.0 Å². The molecule has 0 radical (unpaired) electrons. The molecule has 0 aliphatic carbocycles. The molecule has 0 unspecified atom stereocenters. The van der Waals surface area contributed by atoms with E-state index >= 15 is 0 Å². The van der Waals surface area contributed by atoms with Crippen LogP contribution in [0.1, 0.15) is 39.1 Å². The van der Waals surface area contributed by atoms with Gasteiger partial charge in [0.25, 0.3) is 11.8 Å². The van der Waals surface area contributed by atoms with Gasteiger partial charge in [-0.15, -0.1) is 0 Å². The molecule has 0 aliphatic heterocycles. The molecule has 0 aliphatic rings. The van der Waals surface area contributed by atoms with E-state index in [1.807, 2.05) is 6.92 Å². The molecule has 2 rings (SSSR count). The lowest BCUT2D eigenvalue weighted by atomic mass is 10.1. The van der Waals surface area contributed by atoms with Gasteiger partial charge in [-0.2, -0.15) is 0 Å². The van der Waals surface area contributed by atoms with Crippen LogP contribution in [0.3, 0.4) is 0 Å². The molecule has 1 aromatic heterocycles. The first kappa shape index (κ1) is 16.3. The third-order valence-electron chi connectivity index (χ3n) is 2.96. The zero-order chi connectivity index (χ0) is 16.3. The Bertz CT molecular complexity index is 728. The van der Waals surface area contributed by atoms with Crippen LogP contribution in [0.4, 0.5) is 0 Å². The molecule has 0 saturated carbocycles. The zero-order valence-corrected chi connectivity index (χ0v) is 13.4. The Balaban J connectivity index is 2.09. The number of rotatable bonds is 3. The zero-order valence-electron chi connectivity index (χ0n) is 11.9. The van der Waals surface area contributed by atoms with Gasteiger partial charge in [-0.25, -0.2) is 0 Å². The molecule has 0 saturated heterocycles. The lowest BCUT2D eigenvalue weighted by molar-refractivity contribution is 0.0845. The average Bonchev–Trinajstić information content (AvgIpc) is 2.87. The SMILES string of the molecule is CCc1noc(C)c1C(=O)NNC(=O)c1cc(Cl)ccc1Cl. The summed E-state index contributed by atoms with van der Waals surface area (Å²) in [6.45, 7) is 3.47. The topological polar surface area (TPSA) is 84.2 Å². The molecular formula is C14H13Cl2N3O3. The number of nitrogens with zero attached hydrogens (tertiary/aromatic N) is 1. The van der Waals surface area contributed by atoms with Crippen molar-refractivity contribution in [2.45, 2.75) is 20.3 Å². The molecule has 22 heavy (non-hydrogen) atoms. The van der Waals surface area contributed by atoms with E-state index in [1.165, 1.54) is 12.1 Å². The van der Waals surface area contributed by atoms with Gasteiger partial charge >= 0.3 is 0 Å². The normalized spacial score (nSPS) is 10.4. The first-order valence-corrected chi connectivity index (χ1v) is 7.20. The molecule has 0 spiro atoms. The van der Waals surface area contributed by atoms with Crippen LogP contribution >= 0.6 is 23.2 Å². The van der Waals surface area contributed by atoms with Gasteiger partial charge < -0.3 is 4.52 Å². The monoisotopic (exact) mass is 341 g/mol. The van der Waals surface area contributed by atoms with Crippen LogP contribution in [0.2, 0.25) is 10.0 Å². The molecule has 0 fully saturated rings. The number of halogens is 2. The van der Waals surface area contributed by atoms with E-state index in [0.29, 0.717) is 28.5 Å². The van der Waals surface area contributed by atoms with Gasteiger partial charge in [-0.1, -0.05) is 35.3 Å². The van der Waals surface area contributed by atoms with E-state index in [4.69, 9.17) is 27.7 Å². The predicted octanol–water partition coefficient (Wildman–Crippen LogP) is 2.93. The van der Waals surface area contributed by atoms with E-state index in [0.717, 1.165) is 0 Å². The largest absolute Gasteiger partial charge is 0.361 e. The van der Waals surface area contributed by atoms with E-state index in [1.54, 1.807) is 13.0 Å². The molecular weight excluding hydrogens is 329 g/mol. The van der Waals surface area contributed by atoms with E-state index in [9.17, 15) is 9.59 Å². The number of nitrogens with one attached hydrogen (secondary N) is 2. The van der Waals surface area contributed by atoms with Crippen molar-refractivity contribution in [3.8, 4) is 0 Å². The summed E-state index contributed by atoms with van der Waals surface area (Å²) < 4.78 is 4.97. The maximum absolute atomic E-state index is 12.1. The molecule has 0 bridgehead atoms. The van der Waals surface area contributed by atoms with Gasteiger partial charge in [0.2, 0.25) is 0 Å². The van der Waals surface area contributed by atoms with Crippen LogP contribution in [0.15, 0.2) is 22.7 Å². The number of aromatic nitrogens is 1. The van der Waals surface area contributed by atoms with Gasteiger partial charge in [-0.3, -0.25) is 20.4 Å². The van der Waals surface area contributed by atoms with Crippen molar-refractivity contribution in [2.75, 3.05) is 0 Å². The molecule has 0 atom stereocenters. The Morgan fingerprint density at radius 1 is 1.23 bits per heavy atom. The van der Waals surface area contributed by atoms with Crippen LogP contribution in [-0.2, 0) is 6.42 Å². The highest BCUT2D eigenvalue weighted by atomic mass is 35.5. The number of carbonyl (C=O) groups excluding carboxylic acids is 2. The third kappa shape index (κ3) is 3.40. The van der Waals surface area contributed by atoms with Crippen molar-refractivity contribution in [2.24, 2.45) is 0 Å². The maximum atomic E-state index is 12.1. The summed E-state index contributed by atoms with van der Waals surface area (Å²) in [5, 5.41) is 4.37. The maximum Gasteiger partial charge on any atom is 0.275 e. The van der Waals surface area contributed by atoms with Crippen LogP contribution in [0, 0.1) is 6.92 Å². The number of carbonyl (C=O) groups is 2. The highest BCUT2D eigenvalue weighted by Gasteiger charge is 2.20. The van der Waals surface area contributed by atoms with Gasteiger partial charge in [-0.05, 0) is 31.5 Å². The van der Waals surface area contributed by atoms with Crippen LogP contribution in [-0.4, -0.2) is 17.0 Å².